The minimum absolute atomic E-state index is 0.0728. The highest BCUT2D eigenvalue weighted by Gasteiger charge is 2.31. The molecule has 1 aromatic carbocycles. The number of thiazole rings is 1. The van der Waals surface area contributed by atoms with E-state index >= 15 is 0 Å². The van der Waals surface area contributed by atoms with Gasteiger partial charge in [-0.05, 0) is 25.5 Å². The van der Waals surface area contributed by atoms with E-state index in [1.54, 1.807) is 22.1 Å². The summed E-state index contributed by atoms with van der Waals surface area (Å²) in [5.41, 5.74) is 1.74. The summed E-state index contributed by atoms with van der Waals surface area (Å²) >= 11 is 3.14. The van der Waals surface area contributed by atoms with E-state index in [4.69, 9.17) is 0 Å². The molecule has 1 atom stereocenters. The Morgan fingerprint density at radius 2 is 2.21 bits per heavy atom. The van der Waals surface area contributed by atoms with E-state index in [0.29, 0.717) is 23.7 Å². The van der Waals surface area contributed by atoms with E-state index in [0.717, 1.165) is 20.9 Å². The van der Waals surface area contributed by atoms with E-state index in [2.05, 4.69) is 15.4 Å². The van der Waals surface area contributed by atoms with Gasteiger partial charge in [-0.3, -0.25) is 4.79 Å². The molecule has 1 amide bonds. The van der Waals surface area contributed by atoms with Gasteiger partial charge in [-0.15, -0.1) is 23.1 Å². The summed E-state index contributed by atoms with van der Waals surface area (Å²) in [5, 5.41) is 8.26. The molecule has 28 heavy (non-hydrogen) atoms. The maximum atomic E-state index is 12.4. The van der Waals surface area contributed by atoms with Gasteiger partial charge in [0.25, 0.3) is 0 Å². The Morgan fingerprint density at radius 3 is 2.96 bits per heavy atom. The van der Waals surface area contributed by atoms with Gasteiger partial charge in [-0.1, -0.05) is 12.1 Å². The molecule has 1 aliphatic rings. The Balaban J connectivity index is 1.35. The van der Waals surface area contributed by atoms with Crippen molar-refractivity contribution in [3.05, 3.63) is 41.0 Å². The van der Waals surface area contributed by atoms with Gasteiger partial charge in [0.15, 0.2) is 9.84 Å². The molecule has 1 aliphatic heterocycles. The monoisotopic (exact) mass is 436 g/mol. The van der Waals surface area contributed by atoms with Crippen LogP contribution in [-0.2, 0) is 20.4 Å². The third kappa shape index (κ3) is 4.39. The van der Waals surface area contributed by atoms with Gasteiger partial charge in [0.2, 0.25) is 5.91 Å². The van der Waals surface area contributed by atoms with Crippen molar-refractivity contribution in [3.8, 4) is 0 Å². The lowest BCUT2D eigenvalue weighted by atomic mass is 10.3. The van der Waals surface area contributed by atoms with E-state index in [1.165, 1.54) is 11.8 Å². The van der Waals surface area contributed by atoms with Crippen molar-refractivity contribution in [2.45, 2.75) is 25.1 Å². The van der Waals surface area contributed by atoms with Gasteiger partial charge in [0, 0.05) is 11.8 Å². The van der Waals surface area contributed by atoms with Crippen LogP contribution < -0.4 is 5.32 Å². The third-order valence-electron chi connectivity index (χ3n) is 4.48. The van der Waals surface area contributed by atoms with Crippen molar-refractivity contribution in [1.82, 2.24) is 14.8 Å². The Hall–Kier alpha value is -1.91. The lowest BCUT2D eigenvalue weighted by Crippen LogP contribution is -2.20. The number of carbonyl (C=O) groups excluding carboxylic acids is 1. The average molecular weight is 437 g/mol. The number of nitrogens with one attached hydrogen (secondary N) is 1. The van der Waals surface area contributed by atoms with Crippen molar-refractivity contribution in [1.29, 1.82) is 0 Å². The van der Waals surface area contributed by atoms with E-state index in [1.807, 2.05) is 31.2 Å². The summed E-state index contributed by atoms with van der Waals surface area (Å²) in [5.74, 6) is 1.64. The molecule has 1 saturated heterocycles. The Bertz CT molecular complexity index is 1090. The molecule has 4 rings (SSSR count). The van der Waals surface area contributed by atoms with Crippen LogP contribution in [0.2, 0.25) is 0 Å². The fraction of sp³-hybridized carbons (Fsp3) is 0.389. The molecule has 1 fully saturated rings. The van der Waals surface area contributed by atoms with E-state index < -0.39 is 9.84 Å². The van der Waals surface area contributed by atoms with Crippen molar-refractivity contribution in [2.24, 2.45) is 0 Å². The molecule has 0 spiro atoms. The van der Waals surface area contributed by atoms with Crippen molar-refractivity contribution >= 4 is 54.9 Å². The second-order valence-electron chi connectivity index (χ2n) is 6.79. The highest BCUT2D eigenvalue weighted by atomic mass is 32.2. The number of amides is 1. The Kier molecular flexibility index (Phi) is 5.44. The topological polar surface area (TPSA) is 94.0 Å². The third-order valence-corrected chi connectivity index (χ3v) is 8.39. The highest BCUT2D eigenvalue weighted by Crippen LogP contribution is 2.28. The lowest BCUT2D eigenvalue weighted by molar-refractivity contribution is -0.113. The lowest BCUT2D eigenvalue weighted by Gasteiger charge is -2.13. The first-order valence-electron chi connectivity index (χ1n) is 8.88. The van der Waals surface area contributed by atoms with Crippen LogP contribution in [0.1, 0.15) is 23.2 Å². The molecule has 1 N–H and O–H groups in total. The minimum Gasteiger partial charge on any atom is -0.310 e. The first-order valence-corrected chi connectivity index (χ1v) is 12.7. The summed E-state index contributed by atoms with van der Waals surface area (Å²) < 4.78 is 26.3. The summed E-state index contributed by atoms with van der Waals surface area (Å²) in [6, 6.07) is 9.55. The number of fused-ring (bicyclic) bond motifs is 1. The molecule has 3 aromatic rings. The van der Waals surface area contributed by atoms with Crippen molar-refractivity contribution in [2.75, 3.05) is 22.6 Å². The molecule has 2 aromatic heterocycles. The number of aromatic nitrogens is 3. The highest BCUT2D eigenvalue weighted by molar-refractivity contribution is 7.99. The number of anilines is 1. The van der Waals surface area contributed by atoms with Crippen molar-refractivity contribution in [3.63, 3.8) is 0 Å². The largest absolute Gasteiger partial charge is 0.310 e. The zero-order valence-corrected chi connectivity index (χ0v) is 17.7. The van der Waals surface area contributed by atoms with Crippen LogP contribution in [0.15, 0.2) is 30.3 Å². The van der Waals surface area contributed by atoms with Crippen LogP contribution in [0.3, 0.4) is 0 Å². The van der Waals surface area contributed by atoms with Gasteiger partial charge >= 0.3 is 0 Å². The number of thioether (sulfide) groups is 1. The quantitative estimate of drug-likeness (QED) is 0.638. The van der Waals surface area contributed by atoms with Gasteiger partial charge in [-0.2, -0.15) is 5.10 Å². The van der Waals surface area contributed by atoms with Gasteiger partial charge in [-0.25, -0.2) is 18.1 Å². The number of hydrogen-bond acceptors (Lipinski definition) is 7. The number of sulfone groups is 1. The summed E-state index contributed by atoms with van der Waals surface area (Å²) in [4.78, 5) is 16.9. The smallest absolute Gasteiger partial charge is 0.235 e. The normalized spacial score (nSPS) is 18.5. The molecule has 0 radical (unpaired) electrons. The Labute approximate surface area is 171 Å². The van der Waals surface area contributed by atoms with Crippen LogP contribution in [0, 0.1) is 6.92 Å². The number of carbonyl (C=O) groups is 1. The summed E-state index contributed by atoms with van der Waals surface area (Å²) in [7, 11) is -3.02. The molecule has 7 nitrogen and oxygen atoms in total. The summed E-state index contributed by atoms with van der Waals surface area (Å²) in [6.07, 6.45) is 0.526. The maximum absolute atomic E-state index is 12.4. The van der Waals surface area contributed by atoms with Crippen LogP contribution >= 0.6 is 23.1 Å². The molecule has 0 aliphatic carbocycles. The standard InChI is InChI=1S/C18H20N4O3S3/c1-12-8-16(22(21-12)13-6-7-28(24,25)11-13)20-17(23)9-26-10-18-19-14-4-2-3-5-15(14)27-18/h2-5,8,13H,6-7,9-11H2,1H3,(H,20,23). The number of rotatable bonds is 6. The second kappa shape index (κ2) is 7.84. The van der Waals surface area contributed by atoms with Gasteiger partial charge in [0.05, 0.1) is 39.2 Å². The SMILES string of the molecule is Cc1cc(NC(=O)CSCc2nc3ccccc3s2)n(C2CCS(=O)(=O)C2)n1. The predicted molar refractivity (Wildman–Crippen MR) is 114 cm³/mol. The first kappa shape index (κ1) is 19.4. The molecule has 0 bridgehead atoms. The van der Waals surface area contributed by atoms with Crippen LogP contribution in [0.25, 0.3) is 10.2 Å². The average Bonchev–Trinajstić information content (AvgIpc) is 3.31. The molecule has 1 unspecified atom stereocenters. The zero-order chi connectivity index (χ0) is 19.7. The van der Waals surface area contributed by atoms with Crippen molar-refractivity contribution < 1.29 is 13.2 Å². The fourth-order valence-corrected chi connectivity index (χ4v) is 6.79. The zero-order valence-electron chi connectivity index (χ0n) is 15.3. The molecule has 3 heterocycles. The number of hydrogen-bond donors (Lipinski definition) is 1. The molecular formula is C18H20N4O3S3. The molecule has 148 valence electrons. The summed E-state index contributed by atoms with van der Waals surface area (Å²) in [6.45, 7) is 1.83. The molecule has 10 heteroatoms. The van der Waals surface area contributed by atoms with Gasteiger partial charge in [0.1, 0.15) is 10.8 Å². The predicted octanol–water partition coefficient (Wildman–Crippen LogP) is 3.03. The van der Waals surface area contributed by atoms with Crippen LogP contribution in [-0.4, -0.2) is 46.3 Å². The van der Waals surface area contributed by atoms with Crippen LogP contribution in [0.4, 0.5) is 5.82 Å². The second-order valence-corrected chi connectivity index (χ2v) is 11.1. The number of benzene rings is 1. The first-order chi connectivity index (χ1) is 13.4. The van der Waals surface area contributed by atoms with Gasteiger partial charge < -0.3 is 5.32 Å². The molecular weight excluding hydrogens is 416 g/mol. The number of para-hydroxylation sites is 1. The molecule has 0 saturated carbocycles. The minimum atomic E-state index is -3.02. The number of aryl methyl sites for hydroxylation is 1. The Morgan fingerprint density at radius 1 is 1.39 bits per heavy atom. The maximum Gasteiger partial charge on any atom is 0.235 e. The fourth-order valence-electron chi connectivity index (χ4n) is 3.25. The van der Waals surface area contributed by atoms with E-state index in [-0.39, 0.29) is 23.5 Å². The van der Waals surface area contributed by atoms with E-state index in [9.17, 15) is 13.2 Å². The van der Waals surface area contributed by atoms with Crippen LogP contribution in [0.5, 0.6) is 0 Å². The number of nitrogens with zero attached hydrogens (tertiary/aromatic N) is 3.